The Morgan fingerprint density at radius 3 is 2.62 bits per heavy atom. The summed E-state index contributed by atoms with van der Waals surface area (Å²) in [5.41, 5.74) is 2.69. The molecule has 118 valence electrons. The smallest absolute Gasteiger partial charge is 0.271 e. The summed E-state index contributed by atoms with van der Waals surface area (Å²) in [6, 6.07) is 3.48. The third-order valence-corrected chi connectivity index (χ3v) is 5.01. The number of hydrogen-bond donors (Lipinski definition) is 2. The predicted molar refractivity (Wildman–Crippen MR) is 80.3 cm³/mol. The molecule has 0 aliphatic heterocycles. The highest BCUT2D eigenvalue weighted by atomic mass is 79.9. The number of benzene rings is 1. The lowest BCUT2D eigenvalue weighted by Gasteiger charge is -2.33. The highest BCUT2D eigenvalue weighted by Crippen LogP contribution is 2.40. The topological polar surface area (TPSA) is 38.0 Å². The fraction of sp³-hybridized carbons (Fsp3) is 0.600. The van der Waals surface area contributed by atoms with Crippen LogP contribution >= 0.6 is 15.9 Å². The van der Waals surface area contributed by atoms with Gasteiger partial charge >= 0.3 is 6.18 Å². The highest BCUT2D eigenvalue weighted by molar-refractivity contribution is 9.10. The zero-order chi connectivity index (χ0) is 15.6. The fourth-order valence-electron chi connectivity index (χ4n) is 3.22. The molecule has 1 aromatic carbocycles. The third kappa shape index (κ3) is 3.99. The summed E-state index contributed by atoms with van der Waals surface area (Å²) >= 11 is 3.36. The van der Waals surface area contributed by atoms with E-state index in [2.05, 4.69) is 28.3 Å². The minimum atomic E-state index is -4.34. The van der Waals surface area contributed by atoms with Gasteiger partial charge in [-0.2, -0.15) is 13.2 Å². The summed E-state index contributed by atoms with van der Waals surface area (Å²) in [5.74, 6) is 6.51. The number of hydrazine groups is 1. The second kappa shape index (κ2) is 6.67. The van der Waals surface area contributed by atoms with Crippen LogP contribution in [0.1, 0.15) is 49.8 Å². The SMILES string of the molecule is CC1CCCC(C(NN)c2cc(C(F)(F)F)ccc2Br)C1. The summed E-state index contributed by atoms with van der Waals surface area (Å²) in [6.45, 7) is 2.18. The molecule has 1 saturated carbocycles. The van der Waals surface area contributed by atoms with Crippen molar-refractivity contribution in [3.8, 4) is 0 Å². The van der Waals surface area contributed by atoms with Crippen LogP contribution in [-0.4, -0.2) is 0 Å². The van der Waals surface area contributed by atoms with Gasteiger partial charge in [-0.3, -0.25) is 11.3 Å². The average Bonchev–Trinajstić information content (AvgIpc) is 2.40. The number of halogens is 4. The van der Waals surface area contributed by atoms with Crippen molar-refractivity contribution < 1.29 is 13.2 Å². The summed E-state index contributed by atoms with van der Waals surface area (Å²) in [7, 11) is 0. The van der Waals surface area contributed by atoms with E-state index in [1.165, 1.54) is 18.6 Å². The zero-order valence-electron chi connectivity index (χ0n) is 11.9. The van der Waals surface area contributed by atoms with Crippen LogP contribution < -0.4 is 11.3 Å². The lowest BCUT2D eigenvalue weighted by atomic mass is 9.77. The molecule has 2 nitrogen and oxygen atoms in total. The number of rotatable bonds is 3. The van der Waals surface area contributed by atoms with Gasteiger partial charge in [0.2, 0.25) is 0 Å². The van der Waals surface area contributed by atoms with E-state index in [0.29, 0.717) is 16.0 Å². The Morgan fingerprint density at radius 2 is 2.05 bits per heavy atom. The van der Waals surface area contributed by atoms with Gasteiger partial charge in [0.05, 0.1) is 5.56 Å². The molecule has 0 aromatic heterocycles. The van der Waals surface area contributed by atoms with Gasteiger partial charge in [-0.05, 0) is 48.4 Å². The minimum absolute atomic E-state index is 0.260. The molecule has 3 atom stereocenters. The molecule has 1 fully saturated rings. The van der Waals surface area contributed by atoms with E-state index in [4.69, 9.17) is 5.84 Å². The van der Waals surface area contributed by atoms with E-state index < -0.39 is 11.7 Å². The van der Waals surface area contributed by atoms with E-state index in [-0.39, 0.29) is 12.0 Å². The number of nitrogens with two attached hydrogens (primary N) is 1. The molecule has 1 aromatic rings. The fourth-order valence-corrected chi connectivity index (χ4v) is 3.72. The van der Waals surface area contributed by atoms with Crippen LogP contribution in [0.3, 0.4) is 0 Å². The molecule has 0 radical (unpaired) electrons. The molecule has 3 N–H and O–H groups in total. The maximum Gasteiger partial charge on any atom is 0.416 e. The maximum atomic E-state index is 12.9. The molecule has 1 aliphatic carbocycles. The van der Waals surface area contributed by atoms with Crippen LogP contribution in [0, 0.1) is 11.8 Å². The van der Waals surface area contributed by atoms with Crippen LogP contribution in [0.25, 0.3) is 0 Å². The van der Waals surface area contributed by atoms with Crippen molar-refractivity contribution in [2.45, 2.75) is 44.8 Å². The normalized spacial score (nSPS) is 24.9. The van der Waals surface area contributed by atoms with Gasteiger partial charge in [-0.25, -0.2) is 0 Å². The number of nitrogens with one attached hydrogen (secondary N) is 1. The van der Waals surface area contributed by atoms with Gasteiger partial charge in [-0.1, -0.05) is 35.7 Å². The van der Waals surface area contributed by atoms with Crippen LogP contribution in [0.2, 0.25) is 0 Å². The molecule has 0 spiro atoms. The van der Waals surface area contributed by atoms with E-state index in [1.54, 1.807) is 0 Å². The Morgan fingerprint density at radius 1 is 1.33 bits per heavy atom. The van der Waals surface area contributed by atoms with E-state index >= 15 is 0 Å². The Bertz CT molecular complexity index is 490. The lowest BCUT2D eigenvalue weighted by Crippen LogP contribution is -2.36. The van der Waals surface area contributed by atoms with E-state index in [1.807, 2.05) is 0 Å². The first kappa shape index (κ1) is 16.8. The summed E-state index contributed by atoms with van der Waals surface area (Å²) in [5, 5.41) is 0. The van der Waals surface area contributed by atoms with Gasteiger partial charge < -0.3 is 0 Å². The minimum Gasteiger partial charge on any atom is -0.271 e. The quantitative estimate of drug-likeness (QED) is 0.597. The molecule has 2 rings (SSSR count). The van der Waals surface area contributed by atoms with Crippen molar-refractivity contribution in [1.29, 1.82) is 0 Å². The Balaban J connectivity index is 2.32. The van der Waals surface area contributed by atoms with Crippen molar-refractivity contribution in [1.82, 2.24) is 5.43 Å². The summed E-state index contributed by atoms with van der Waals surface area (Å²) in [6.07, 6.45) is -0.0912. The van der Waals surface area contributed by atoms with Crippen molar-refractivity contribution >= 4 is 15.9 Å². The van der Waals surface area contributed by atoms with Crippen molar-refractivity contribution in [3.63, 3.8) is 0 Å². The second-order valence-electron chi connectivity index (χ2n) is 5.91. The maximum absolute atomic E-state index is 12.9. The van der Waals surface area contributed by atoms with Crippen LogP contribution in [0.15, 0.2) is 22.7 Å². The molecule has 21 heavy (non-hydrogen) atoms. The predicted octanol–water partition coefficient (Wildman–Crippen LogP) is 4.80. The first-order chi connectivity index (χ1) is 9.82. The Hall–Kier alpha value is -0.590. The largest absolute Gasteiger partial charge is 0.416 e. The van der Waals surface area contributed by atoms with Crippen molar-refractivity contribution in [2.24, 2.45) is 17.7 Å². The summed E-state index contributed by atoms with van der Waals surface area (Å²) in [4.78, 5) is 0. The highest BCUT2D eigenvalue weighted by Gasteiger charge is 2.33. The number of alkyl halides is 3. The third-order valence-electron chi connectivity index (χ3n) is 4.29. The molecule has 3 unspecified atom stereocenters. The first-order valence-corrected chi connectivity index (χ1v) is 7.95. The lowest BCUT2D eigenvalue weighted by molar-refractivity contribution is -0.137. The second-order valence-corrected chi connectivity index (χ2v) is 6.76. The van der Waals surface area contributed by atoms with E-state index in [0.717, 1.165) is 25.3 Å². The Kier molecular flexibility index (Phi) is 5.33. The van der Waals surface area contributed by atoms with Gasteiger partial charge in [0.25, 0.3) is 0 Å². The molecule has 1 aliphatic rings. The average molecular weight is 365 g/mol. The molecule has 0 amide bonds. The molecular weight excluding hydrogens is 345 g/mol. The molecule has 0 heterocycles. The molecule has 0 bridgehead atoms. The monoisotopic (exact) mass is 364 g/mol. The van der Waals surface area contributed by atoms with Crippen LogP contribution in [-0.2, 0) is 6.18 Å². The molecule has 6 heteroatoms. The van der Waals surface area contributed by atoms with Crippen molar-refractivity contribution in [2.75, 3.05) is 0 Å². The molecule has 0 saturated heterocycles. The van der Waals surface area contributed by atoms with E-state index in [9.17, 15) is 13.2 Å². The first-order valence-electron chi connectivity index (χ1n) is 7.15. The van der Waals surface area contributed by atoms with Crippen molar-refractivity contribution in [3.05, 3.63) is 33.8 Å². The number of hydrogen-bond acceptors (Lipinski definition) is 2. The van der Waals surface area contributed by atoms with Crippen LogP contribution in [0.5, 0.6) is 0 Å². The summed E-state index contributed by atoms with van der Waals surface area (Å²) < 4.78 is 39.4. The van der Waals surface area contributed by atoms with Gasteiger partial charge in [0.15, 0.2) is 0 Å². The zero-order valence-corrected chi connectivity index (χ0v) is 13.5. The standard InChI is InChI=1S/C15H20BrF3N2/c1-9-3-2-4-10(7-9)14(21-20)12-8-11(15(17,18)19)5-6-13(12)16/h5-6,8-10,14,21H,2-4,7,20H2,1H3. The molecular formula is C15H20BrF3N2. The van der Waals surface area contributed by atoms with Gasteiger partial charge in [-0.15, -0.1) is 0 Å². The van der Waals surface area contributed by atoms with Gasteiger partial charge in [0, 0.05) is 10.5 Å². The van der Waals surface area contributed by atoms with Crippen LogP contribution in [0.4, 0.5) is 13.2 Å². The Labute approximate surface area is 131 Å². The van der Waals surface area contributed by atoms with Gasteiger partial charge in [0.1, 0.15) is 0 Å².